The summed E-state index contributed by atoms with van der Waals surface area (Å²) in [5.41, 5.74) is 1.44. The van der Waals surface area contributed by atoms with E-state index in [1.807, 2.05) is 0 Å². The summed E-state index contributed by atoms with van der Waals surface area (Å²) in [5, 5.41) is 8.98. The Morgan fingerprint density at radius 2 is 2.09 bits per heavy atom. The number of aldehydes is 1. The van der Waals surface area contributed by atoms with Crippen LogP contribution >= 0.6 is 22.6 Å². The van der Waals surface area contributed by atoms with Gasteiger partial charge in [-0.05, 0) is 52.4 Å². The molecule has 0 atom stereocenters. The third-order valence-corrected chi connectivity index (χ3v) is 3.75. The lowest BCUT2D eigenvalue weighted by atomic mass is 10.1. The molecule has 2 aromatic rings. The highest BCUT2D eigenvalue weighted by molar-refractivity contribution is 14.1. The first-order chi connectivity index (χ1) is 10.5. The van der Waals surface area contributed by atoms with Crippen LogP contribution in [0.4, 0.5) is 0 Å². The zero-order valence-corrected chi connectivity index (χ0v) is 13.9. The van der Waals surface area contributed by atoms with Crippen molar-refractivity contribution in [3.8, 4) is 11.5 Å². The Balaban J connectivity index is 2.23. The summed E-state index contributed by atoms with van der Waals surface area (Å²) in [6.07, 6.45) is 0.741. The second-order valence-corrected chi connectivity index (χ2v) is 5.61. The van der Waals surface area contributed by atoms with Gasteiger partial charge in [0.2, 0.25) is 0 Å². The Morgan fingerprint density at radius 3 is 2.73 bits per heavy atom. The minimum absolute atomic E-state index is 0.202. The van der Waals surface area contributed by atoms with E-state index in [1.54, 1.807) is 30.3 Å². The number of carbonyl (C=O) groups excluding carboxylic acids is 1. The maximum atomic E-state index is 11.0. The molecule has 0 saturated carbocycles. The topological polar surface area (TPSA) is 72.8 Å². The van der Waals surface area contributed by atoms with Crippen molar-refractivity contribution in [2.24, 2.45) is 0 Å². The molecule has 22 heavy (non-hydrogen) atoms. The van der Waals surface area contributed by atoms with Crippen molar-refractivity contribution < 1.29 is 24.2 Å². The molecule has 0 radical (unpaired) electrons. The second kappa shape index (κ2) is 7.26. The Labute approximate surface area is 141 Å². The number of ether oxygens (including phenoxy) is 2. The van der Waals surface area contributed by atoms with E-state index in [4.69, 9.17) is 14.6 Å². The van der Waals surface area contributed by atoms with Crippen molar-refractivity contribution in [1.29, 1.82) is 0 Å². The Morgan fingerprint density at radius 1 is 1.32 bits per heavy atom. The molecule has 114 valence electrons. The smallest absolute Gasteiger partial charge is 0.335 e. The zero-order valence-electron chi connectivity index (χ0n) is 11.7. The molecule has 0 spiro atoms. The normalized spacial score (nSPS) is 10.1. The van der Waals surface area contributed by atoms with Gasteiger partial charge in [0, 0.05) is 5.56 Å². The molecule has 0 aliphatic carbocycles. The van der Waals surface area contributed by atoms with Crippen molar-refractivity contribution in [3.63, 3.8) is 0 Å². The molecule has 0 amide bonds. The van der Waals surface area contributed by atoms with Crippen LogP contribution in [0.1, 0.15) is 26.3 Å². The van der Waals surface area contributed by atoms with Crippen LogP contribution in [-0.4, -0.2) is 24.5 Å². The van der Waals surface area contributed by atoms with Gasteiger partial charge in [-0.15, -0.1) is 0 Å². The average Bonchev–Trinajstić information content (AvgIpc) is 2.53. The monoisotopic (exact) mass is 412 g/mol. The molecule has 0 unspecified atom stereocenters. The average molecular weight is 412 g/mol. The third kappa shape index (κ3) is 3.76. The minimum atomic E-state index is -0.982. The van der Waals surface area contributed by atoms with Crippen molar-refractivity contribution in [2.45, 2.75) is 6.61 Å². The summed E-state index contributed by atoms with van der Waals surface area (Å²) in [6.45, 7) is 0.202. The standard InChI is InChI=1S/C16H13IO5/c1-21-14-7-11(8-18)6-13(17)15(14)22-9-10-3-2-4-12(5-10)16(19)20/h2-8H,9H2,1H3,(H,19,20). The second-order valence-electron chi connectivity index (χ2n) is 4.45. The largest absolute Gasteiger partial charge is 0.493 e. The molecule has 2 aromatic carbocycles. The number of hydrogen-bond donors (Lipinski definition) is 1. The molecule has 0 aliphatic heterocycles. The van der Waals surface area contributed by atoms with Crippen LogP contribution in [0.25, 0.3) is 0 Å². The Hall–Kier alpha value is -2.09. The number of aromatic carboxylic acids is 1. The number of carboxylic acids is 1. The van der Waals surface area contributed by atoms with Gasteiger partial charge in [0.1, 0.15) is 12.9 Å². The number of rotatable bonds is 6. The predicted octanol–water partition coefficient (Wildman–Crippen LogP) is 3.39. The van der Waals surface area contributed by atoms with Crippen LogP contribution in [0.3, 0.4) is 0 Å². The SMILES string of the molecule is COc1cc(C=O)cc(I)c1OCc1cccc(C(=O)O)c1. The lowest BCUT2D eigenvalue weighted by Gasteiger charge is -2.13. The first-order valence-electron chi connectivity index (χ1n) is 6.33. The van der Waals surface area contributed by atoms with E-state index < -0.39 is 5.97 Å². The fourth-order valence-corrected chi connectivity index (χ4v) is 2.68. The highest BCUT2D eigenvalue weighted by Gasteiger charge is 2.12. The van der Waals surface area contributed by atoms with Crippen LogP contribution in [0, 0.1) is 3.57 Å². The maximum absolute atomic E-state index is 11.0. The number of benzene rings is 2. The molecule has 6 heteroatoms. The first kappa shape index (κ1) is 16.3. The fourth-order valence-electron chi connectivity index (χ4n) is 1.90. The number of carboxylic acid groups (broad SMARTS) is 1. The summed E-state index contributed by atoms with van der Waals surface area (Å²) in [5.74, 6) is 0.00200. The maximum Gasteiger partial charge on any atom is 0.335 e. The van der Waals surface area contributed by atoms with Crippen LogP contribution in [-0.2, 0) is 6.61 Å². The van der Waals surface area contributed by atoms with Crippen LogP contribution in [0.5, 0.6) is 11.5 Å². The van der Waals surface area contributed by atoms with Gasteiger partial charge in [0.25, 0.3) is 0 Å². The van der Waals surface area contributed by atoms with Gasteiger partial charge in [-0.25, -0.2) is 4.79 Å². The van der Waals surface area contributed by atoms with E-state index >= 15 is 0 Å². The number of carbonyl (C=O) groups is 2. The molecular formula is C16H13IO5. The molecule has 1 N–H and O–H groups in total. The molecule has 0 saturated heterocycles. The zero-order chi connectivity index (χ0) is 16.1. The summed E-state index contributed by atoms with van der Waals surface area (Å²) >= 11 is 2.06. The molecule has 2 rings (SSSR count). The van der Waals surface area contributed by atoms with E-state index in [1.165, 1.54) is 13.2 Å². The molecule has 0 aliphatic rings. The van der Waals surface area contributed by atoms with Gasteiger partial charge in [-0.1, -0.05) is 12.1 Å². The van der Waals surface area contributed by atoms with Crippen molar-refractivity contribution in [1.82, 2.24) is 0 Å². The highest BCUT2D eigenvalue weighted by atomic mass is 127. The van der Waals surface area contributed by atoms with Gasteiger partial charge in [0.15, 0.2) is 11.5 Å². The first-order valence-corrected chi connectivity index (χ1v) is 7.40. The van der Waals surface area contributed by atoms with Crippen molar-refractivity contribution in [2.75, 3.05) is 7.11 Å². The van der Waals surface area contributed by atoms with Gasteiger partial charge < -0.3 is 14.6 Å². The molecule has 0 fully saturated rings. The Kier molecular flexibility index (Phi) is 5.37. The Bertz CT molecular complexity index is 712. The van der Waals surface area contributed by atoms with Crippen molar-refractivity contribution >= 4 is 34.8 Å². The van der Waals surface area contributed by atoms with Crippen molar-refractivity contribution in [3.05, 3.63) is 56.7 Å². The summed E-state index contributed by atoms with van der Waals surface area (Å²) in [7, 11) is 1.50. The molecule has 5 nitrogen and oxygen atoms in total. The van der Waals surface area contributed by atoms with Crippen LogP contribution in [0.15, 0.2) is 36.4 Å². The highest BCUT2D eigenvalue weighted by Crippen LogP contribution is 2.34. The fraction of sp³-hybridized carbons (Fsp3) is 0.125. The van der Waals surface area contributed by atoms with E-state index in [0.717, 1.165) is 15.4 Å². The molecule has 0 heterocycles. The van der Waals surface area contributed by atoms with Gasteiger partial charge in [0.05, 0.1) is 16.2 Å². The number of hydrogen-bond acceptors (Lipinski definition) is 4. The summed E-state index contributed by atoms with van der Waals surface area (Å²) < 4.78 is 11.7. The van der Waals surface area contributed by atoms with E-state index in [-0.39, 0.29) is 12.2 Å². The van der Waals surface area contributed by atoms with Crippen LogP contribution < -0.4 is 9.47 Å². The van der Waals surface area contributed by atoms with Gasteiger partial charge in [-0.2, -0.15) is 0 Å². The third-order valence-electron chi connectivity index (χ3n) is 2.94. The van der Waals surface area contributed by atoms with Gasteiger partial charge in [-0.3, -0.25) is 4.79 Å². The van der Waals surface area contributed by atoms with E-state index in [0.29, 0.717) is 17.1 Å². The van der Waals surface area contributed by atoms with E-state index in [9.17, 15) is 9.59 Å². The molecule has 0 aromatic heterocycles. The summed E-state index contributed by atoms with van der Waals surface area (Å²) in [6, 6.07) is 9.82. The van der Waals surface area contributed by atoms with E-state index in [2.05, 4.69) is 22.6 Å². The summed E-state index contributed by atoms with van der Waals surface area (Å²) in [4.78, 5) is 21.8. The quantitative estimate of drug-likeness (QED) is 0.582. The van der Waals surface area contributed by atoms with Gasteiger partial charge >= 0.3 is 5.97 Å². The number of halogens is 1. The molecule has 0 bridgehead atoms. The number of methoxy groups -OCH3 is 1. The lowest BCUT2D eigenvalue weighted by molar-refractivity contribution is 0.0696. The predicted molar refractivity (Wildman–Crippen MR) is 88.8 cm³/mol. The molecular weight excluding hydrogens is 399 g/mol. The van der Waals surface area contributed by atoms with Crippen LogP contribution in [0.2, 0.25) is 0 Å². The minimum Gasteiger partial charge on any atom is -0.493 e. The lowest BCUT2D eigenvalue weighted by Crippen LogP contribution is -2.02.